The Labute approximate surface area is 151 Å². The summed E-state index contributed by atoms with van der Waals surface area (Å²) in [6.45, 7) is 0. The third kappa shape index (κ3) is 1.86. The average Bonchev–Trinajstić information content (AvgIpc) is 3.24. The Kier molecular flexibility index (Phi) is 2.72. The van der Waals surface area contributed by atoms with Crippen LogP contribution in [0, 0.1) is 0 Å². The highest BCUT2D eigenvalue weighted by molar-refractivity contribution is 5.96. The second kappa shape index (κ2) is 5.09. The third-order valence-corrected chi connectivity index (χ3v) is 5.65. The molecule has 1 heteroatoms. The number of allylic oxidation sites excluding steroid dienone is 1. The third-order valence-electron chi connectivity index (χ3n) is 5.65. The zero-order valence-electron chi connectivity index (χ0n) is 14.2. The lowest BCUT2D eigenvalue weighted by atomic mass is 9.91. The molecule has 122 valence electrons. The van der Waals surface area contributed by atoms with E-state index in [0.717, 1.165) is 0 Å². The van der Waals surface area contributed by atoms with E-state index in [4.69, 9.17) is 0 Å². The lowest BCUT2D eigenvalue weighted by Gasteiger charge is -2.12. The van der Waals surface area contributed by atoms with E-state index < -0.39 is 0 Å². The lowest BCUT2D eigenvalue weighted by molar-refractivity contribution is 1.11. The Hall–Kier alpha value is -3.32. The van der Waals surface area contributed by atoms with Gasteiger partial charge in [0.15, 0.2) is 0 Å². The van der Waals surface area contributed by atoms with Crippen LogP contribution < -0.4 is 10.6 Å². The summed E-state index contributed by atoms with van der Waals surface area (Å²) in [4.78, 5) is 3.69. The highest BCUT2D eigenvalue weighted by Crippen LogP contribution is 2.39. The van der Waals surface area contributed by atoms with Crippen LogP contribution >= 0.6 is 0 Å². The molecule has 0 amide bonds. The van der Waals surface area contributed by atoms with Gasteiger partial charge in [-0.2, -0.15) is 0 Å². The standard InChI is InChI=1S/C25H17N/c1-2-7-16(8-3-1)20-11-6-12-21-23-15-22-18(14-24(23)26-25(20)21)13-17-9-4-5-10-19(17)22/h1-15,22,26H. The van der Waals surface area contributed by atoms with Gasteiger partial charge in [0.2, 0.25) is 0 Å². The van der Waals surface area contributed by atoms with Gasteiger partial charge < -0.3 is 4.98 Å². The van der Waals surface area contributed by atoms with Crippen LogP contribution in [0.15, 0.2) is 78.4 Å². The molecule has 0 bridgehead atoms. The van der Waals surface area contributed by atoms with Crippen molar-refractivity contribution in [3.05, 3.63) is 100 Å². The number of aromatic amines is 1. The van der Waals surface area contributed by atoms with Crippen LogP contribution in [0.4, 0.5) is 0 Å². The molecule has 1 nitrogen and oxygen atoms in total. The minimum Gasteiger partial charge on any atom is -0.354 e. The highest BCUT2D eigenvalue weighted by Gasteiger charge is 2.24. The highest BCUT2D eigenvalue weighted by atomic mass is 14.7. The first-order chi connectivity index (χ1) is 12.9. The van der Waals surface area contributed by atoms with E-state index in [1.165, 1.54) is 49.3 Å². The van der Waals surface area contributed by atoms with Crippen molar-refractivity contribution in [1.29, 1.82) is 0 Å². The predicted molar refractivity (Wildman–Crippen MR) is 109 cm³/mol. The lowest BCUT2D eigenvalue weighted by Crippen LogP contribution is -2.27. The molecule has 4 aromatic rings. The molecule has 6 rings (SSSR count). The van der Waals surface area contributed by atoms with Gasteiger partial charge in [-0.3, -0.25) is 0 Å². The van der Waals surface area contributed by atoms with Crippen molar-refractivity contribution in [1.82, 2.24) is 4.98 Å². The Morgan fingerprint density at radius 3 is 2.50 bits per heavy atom. The first-order valence-corrected chi connectivity index (χ1v) is 9.09. The van der Waals surface area contributed by atoms with Crippen LogP contribution in [0.2, 0.25) is 0 Å². The molecular weight excluding hydrogens is 314 g/mol. The van der Waals surface area contributed by atoms with Gasteiger partial charge in [0.05, 0.1) is 5.52 Å². The monoisotopic (exact) mass is 331 g/mol. The van der Waals surface area contributed by atoms with Gasteiger partial charge in [0.25, 0.3) is 0 Å². The molecular formula is C25H17N. The molecule has 2 aliphatic carbocycles. The fourth-order valence-corrected chi connectivity index (χ4v) is 4.44. The number of hydrogen-bond donors (Lipinski definition) is 1. The number of fused-ring (bicyclic) bond motifs is 6. The summed E-state index contributed by atoms with van der Waals surface area (Å²) < 4.78 is 0. The number of H-pyrrole nitrogens is 1. The summed E-state index contributed by atoms with van der Waals surface area (Å²) in [5.74, 6) is 0.373. The quantitative estimate of drug-likeness (QED) is 0.525. The SMILES string of the molecule is C1=C2C=c3[nH]c4c(-c5ccccc5)cccc4c3=CC2c2ccccc21. The van der Waals surface area contributed by atoms with Crippen molar-refractivity contribution in [3.8, 4) is 11.1 Å². The second-order valence-corrected chi connectivity index (χ2v) is 7.11. The number of hydrogen-bond acceptors (Lipinski definition) is 0. The predicted octanol–water partition coefficient (Wildman–Crippen LogP) is 4.59. The largest absolute Gasteiger partial charge is 0.354 e. The van der Waals surface area contributed by atoms with Crippen molar-refractivity contribution in [3.63, 3.8) is 0 Å². The Balaban J connectivity index is 1.65. The maximum Gasteiger partial charge on any atom is 0.0544 e. The second-order valence-electron chi connectivity index (χ2n) is 7.11. The molecule has 0 radical (unpaired) electrons. The maximum absolute atomic E-state index is 3.69. The molecule has 0 aliphatic heterocycles. The summed E-state index contributed by atoms with van der Waals surface area (Å²) in [7, 11) is 0. The van der Waals surface area contributed by atoms with Gasteiger partial charge in [-0.1, -0.05) is 84.9 Å². The zero-order valence-corrected chi connectivity index (χ0v) is 14.2. The molecule has 1 atom stereocenters. The Morgan fingerprint density at radius 2 is 1.58 bits per heavy atom. The van der Waals surface area contributed by atoms with Crippen LogP contribution in [0.3, 0.4) is 0 Å². The van der Waals surface area contributed by atoms with E-state index in [9.17, 15) is 0 Å². The van der Waals surface area contributed by atoms with Crippen LogP contribution in [0.5, 0.6) is 0 Å². The maximum atomic E-state index is 3.69. The van der Waals surface area contributed by atoms with Crippen LogP contribution in [0.25, 0.3) is 40.3 Å². The molecule has 1 unspecified atom stereocenters. The average molecular weight is 331 g/mol. The Morgan fingerprint density at radius 1 is 0.731 bits per heavy atom. The van der Waals surface area contributed by atoms with E-state index in [1.54, 1.807) is 0 Å². The normalized spacial score (nSPS) is 16.9. The first kappa shape index (κ1) is 13.9. The van der Waals surface area contributed by atoms with Crippen molar-refractivity contribution in [2.75, 3.05) is 0 Å². The molecule has 3 aromatic carbocycles. The fraction of sp³-hybridized carbons (Fsp3) is 0.0400. The summed E-state index contributed by atoms with van der Waals surface area (Å²) in [6, 6.07) is 25.9. The van der Waals surface area contributed by atoms with E-state index in [2.05, 4.69) is 96.0 Å². The summed E-state index contributed by atoms with van der Waals surface area (Å²) in [5, 5.41) is 3.86. The molecule has 26 heavy (non-hydrogen) atoms. The summed E-state index contributed by atoms with van der Waals surface area (Å²) in [6.07, 6.45) is 7.08. The van der Waals surface area contributed by atoms with Crippen LogP contribution in [0.1, 0.15) is 17.0 Å². The molecule has 1 aromatic heterocycles. The van der Waals surface area contributed by atoms with Crippen molar-refractivity contribution in [2.45, 2.75) is 5.92 Å². The van der Waals surface area contributed by atoms with Crippen LogP contribution in [-0.4, -0.2) is 4.98 Å². The van der Waals surface area contributed by atoms with Gasteiger partial charge >= 0.3 is 0 Å². The molecule has 1 N–H and O–H groups in total. The molecule has 2 aliphatic rings. The summed E-state index contributed by atoms with van der Waals surface area (Å²) >= 11 is 0. The van der Waals surface area contributed by atoms with Gasteiger partial charge in [-0.15, -0.1) is 0 Å². The van der Waals surface area contributed by atoms with Gasteiger partial charge in [0, 0.05) is 27.4 Å². The van der Waals surface area contributed by atoms with E-state index in [0.29, 0.717) is 5.92 Å². The topological polar surface area (TPSA) is 15.8 Å². The van der Waals surface area contributed by atoms with E-state index >= 15 is 0 Å². The van der Waals surface area contributed by atoms with Gasteiger partial charge in [-0.05, 0) is 28.3 Å². The number of rotatable bonds is 1. The smallest absolute Gasteiger partial charge is 0.0544 e. The van der Waals surface area contributed by atoms with Crippen molar-refractivity contribution < 1.29 is 0 Å². The van der Waals surface area contributed by atoms with Gasteiger partial charge in [0.1, 0.15) is 0 Å². The molecule has 0 saturated carbocycles. The molecule has 0 saturated heterocycles. The first-order valence-electron chi connectivity index (χ1n) is 9.09. The van der Waals surface area contributed by atoms with E-state index in [-0.39, 0.29) is 0 Å². The van der Waals surface area contributed by atoms with Crippen LogP contribution in [-0.2, 0) is 0 Å². The number of benzene rings is 3. The minimum atomic E-state index is 0.373. The minimum absolute atomic E-state index is 0.373. The van der Waals surface area contributed by atoms with Crippen molar-refractivity contribution >= 4 is 29.1 Å². The number of para-hydroxylation sites is 1. The number of aromatic nitrogens is 1. The Bertz CT molecular complexity index is 1320. The van der Waals surface area contributed by atoms with Crippen molar-refractivity contribution in [2.24, 2.45) is 0 Å². The molecule has 0 fully saturated rings. The molecule has 0 spiro atoms. The molecule has 1 heterocycles. The number of nitrogens with one attached hydrogen (secondary N) is 1. The fourth-order valence-electron chi connectivity index (χ4n) is 4.44. The zero-order chi connectivity index (χ0) is 17.1. The van der Waals surface area contributed by atoms with Gasteiger partial charge in [-0.25, -0.2) is 0 Å². The summed E-state index contributed by atoms with van der Waals surface area (Å²) in [5.41, 5.74) is 7.88. The van der Waals surface area contributed by atoms with E-state index in [1.807, 2.05) is 0 Å².